The number of halogens is 2. The number of ether oxygens (including phenoxy) is 1. The third-order valence-corrected chi connectivity index (χ3v) is 7.42. The van der Waals surface area contributed by atoms with Gasteiger partial charge in [0.2, 0.25) is 0 Å². The van der Waals surface area contributed by atoms with E-state index in [1.54, 1.807) is 7.11 Å². The van der Waals surface area contributed by atoms with Gasteiger partial charge in [0, 0.05) is 50.5 Å². The summed E-state index contributed by atoms with van der Waals surface area (Å²) in [5.74, 6) is 1.63. The van der Waals surface area contributed by atoms with E-state index in [2.05, 4.69) is 58.7 Å². The summed E-state index contributed by atoms with van der Waals surface area (Å²) >= 11 is 0. The topological polar surface area (TPSA) is 62.6 Å². The van der Waals surface area contributed by atoms with E-state index in [0.717, 1.165) is 74.9 Å². The van der Waals surface area contributed by atoms with Crippen LogP contribution >= 0.6 is 24.8 Å². The molecule has 39 heavy (non-hydrogen) atoms. The molecule has 2 heterocycles. The number of rotatable bonds is 10. The first-order valence-corrected chi connectivity index (χ1v) is 13.5. The Labute approximate surface area is 245 Å². The minimum Gasteiger partial charge on any atom is -0.497 e. The SMILES string of the molecule is CCCc1nc(C(=O)NCCCN2CCN(c3cccc(C)c3C)CC2)c(C)n1-c1ccc(OC)cc1.Cl.Cl. The minimum atomic E-state index is -0.0955. The third-order valence-electron chi connectivity index (χ3n) is 7.42. The molecule has 9 heteroatoms. The number of hydrogen-bond donors (Lipinski definition) is 1. The van der Waals surface area contributed by atoms with E-state index in [1.807, 2.05) is 31.2 Å². The van der Waals surface area contributed by atoms with Gasteiger partial charge < -0.3 is 19.5 Å². The van der Waals surface area contributed by atoms with Gasteiger partial charge in [0.25, 0.3) is 5.91 Å². The van der Waals surface area contributed by atoms with Gasteiger partial charge in [0.15, 0.2) is 0 Å². The van der Waals surface area contributed by atoms with Crippen molar-refractivity contribution in [3.05, 3.63) is 70.8 Å². The summed E-state index contributed by atoms with van der Waals surface area (Å²) in [4.78, 5) is 22.8. The number of anilines is 1. The Hall–Kier alpha value is -2.74. The van der Waals surface area contributed by atoms with Crippen LogP contribution in [0.4, 0.5) is 5.69 Å². The maximum Gasteiger partial charge on any atom is 0.271 e. The molecule has 1 N–H and O–H groups in total. The van der Waals surface area contributed by atoms with Gasteiger partial charge in [-0.25, -0.2) is 4.98 Å². The van der Waals surface area contributed by atoms with Crippen molar-refractivity contribution < 1.29 is 9.53 Å². The molecule has 214 valence electrons. The number of aryl methyl sites for hydroxylation is 2. The highest BCUT2D eigenvalue weighted by atomic mass is 35.5. The number of imidazole rings is 1. The van der Waals surface area contributed by atoms with Crippen molar-refractivity contribution in [3.63, 3.8) is 0 Å². The summed E-state index contributed by atoms with van der Waals surface area (Å²) in [6, 6.07) is 14.5. The molecule has 0 unspecified atom stereocenters. The summed E-state index contributed by atoms with van der Waals surface area (Å²) in [5.41, 5.74) is 6.47. The monoisotopic (exact) mass is 575 g/mol. The fourth-order valence-electron chi connectivity index (χ4n) is 5.12. The molecular weight excluding hydrogens is 533 g/mol. The van der Waals surface area contributed by atoms with Crippen molar-refractivity contribution in [2.24, 2.45) is 0 Å². The Morgan fingerprint density at radius 3 is 2.33 bits per heavy atom. The zero-order chi connectivity index (χ0) is 26.4. The molecule has 1 amide bonds. The first-order chi connectivity index (χ1) is 17.9. The average molecular weight is 577 g/mol. The largest absolute Gasteiger partial charge is 0.497 e. The van der Waals surface area contributed by atoms with Gasteiger partial charge in [-0.1, -0.05) is 19.1 Å². The Balaban J connectivity index is 0.00000267. The maximum atomic E-state index is 13.1. The molecule has 0 atom stereocenters. The summed E-state index contributed by atoms with van der Waals surface area (Å²) in [6.07, 6.45) is 2.70. The zero-order valence-corrected chi connectivity index (χ0v) is 25.5. The third kappa shape index (κ3) is 7.68. The van der Waals surface area contributed by atoms with Crippen LogP contribution in [0.2, 0.25) is 0 Å². The molecule has 4 rings (SSSR count). The molecule has 3 aromatic rings. The smallest absolute Gasteiger partial charge is 0.271 e. The first kappa shape index (κ1) is 32.5. The average Bonchev–Trinajstić information content (AvgIpc) is 3.24. The molecular formula is C30H43Cl2N5O2. The quantitative estimate of drug-likeness (QED) is 0.321. The first-order valence-electron chi connectivity index (χ1n) is 13.5. The van der Waals surface area contributed by atoms with E-state index in [1.165, 1.54) is 16.8 Å². The molecule has 1 aromatic heterocycles. The molecule has 1 aliphatic heterocycles. The van der Waals surface area contributed by atoms with Crippen LogP contribution in [0.1, 0.15) is 52.9 Å². The fraction of sp³-hybridized carbons (Fsp3) is 0.467. The lowest BCUT2D eigenvalue weighted by atomic mass is 10.1. The highest BCUT2D eigenvalue weighted by Gasteiger charge is 2.21. The van der Waals surface area contributed by atoms with Crippen molar-refractivity contribution in [2.45, 2.75) is 47.0 Å². The second-order valence-electron chi connectivity index (χ2n) is 9.90. The van der Waals surface area contributed by atoms with E-state index in [-0.39, 0.29) is 30.7 Å². The molecule has 0 aliphatic carbocycles. The molecule has 1 aliphatic rings. The van der Waals surface area contributed by atoms with Crippen molar-refractivity contribution in [3.8, 4) is 11.4 Å². The molecule has 2 aromatic carbocycles. The van der Waals surface area contributed by atoms with Gasteiger partial charge in [-0.15, -0.1) is 24.8 Å². The summed E-state index contributed by atoms with van der Waals surface area (Å²) in [5, 5.41) is 3.11. The number of nitrogens with one attached hydrogen (secondary N) is 1. The van der Waals surface area contributed by atoms with Gasteiger partial charge in [-0.2, -0.15) is 0 Å². The number of methoxy groups -OCH3 is 1. The van der Waals surface area contributed by atoms with Crippen molar-refractivity contribution >= 4 is 36.4 Å². The lowest BCUT2D eigenvalue weighted by molar-refractivity contribution is 0.0946. The molecule has 0 bridgehead atoms. The van der Waals surface area contributed by atoms with Crippen LogP contribution < -0.4 is 15.0 Å². The van der Waals surface area contributed by atoms with E-state index >= 15 is 0 Å². The second kappa shape index (κ2) is 15.2. The fourth-order valence-corrected chi connectivity index (χ4v) is 5.12. The highest BCUT2D eigenvalue weighted by molar-refractivity contribution is 5.93. The van der Waals surface area contributed by atoms with Gasteiger partial charge in [-0.05, 0) is 81.6 Å². The molecule has 1 saturated heterocycles. The lowest BCUT2D eigenvalue weighted by Crippen LogP contribution is -2.47. The summed E-state index contributed by atoms with van der Waals surface area (Å²) in [6.45, 7) is 14.3. The van der Waals surface area contributed by atoms with Crippen molar-refractivity contribution in [1.29, 1.82) is 0 Å². The minimum absolute atomic E-state index is 0. The van der Waals surface area contributed by atoms with E-state index < -0.39 is 0 Å². The van der Waals surface area contributed by atoms with Gasteiger partial charge in [-0.3, -0.25) is 9.69 Å². The maximum absolute atomic E-state index is 13.1. The van der Waals surface area contributed by atoms with Crippen LogP contribution in [-0.2, 0) is 6.42 Å². The summed E-state index contributed by atoms with van der Waals surface area (Å²) in [7, 11) is 1.66. The van der Waals surface area contributed by atoms with Gasteiger partial charge >= 0.3 is 0 Å². The van der Waals surface area contributed by atoms with Crippen LogP contribution in [0.15, 0.2) is 42.5 Å². The molecule has 7 nitrogen and oxygen atoms in total. The number of piperazine rings is 1. The Morgan fingerprint density at radius 2 is 1.69 bits per heavy atom. The van der Waals surface area contributed by atoms with Crippen LogP contribution in [0, 0.1) is 20.8 Å². The highest BCUT2D eigenvalue weighted by Crippen LogP contribution is 2.24. The van der Waals surface area contributed by atoms with Crippen LogP contribution in [0.3, 0.4) is 0 Å². The molecule has 0 radical (unpaired) electrons. The van der Waals surface area contributed by atoms with Crippen LogP contribution in [0.25, 0.3) is 5.69 Å². The lowest BCUT2D eigenvalue weighted by Gasteiger charge is -2.37. The van der Waals surface area contributed by atoms with Crippen molar-refractivity contribution in [2.75, 3.05) is 51.3 Å². The number of nitrogens with zero attached hydrogens (tertiary/aromatic N) is 4. The van der Waals surface area contributed by atoms with Crippen LogP contribution in [-0.4, -0.2) is 66.7 Å². The van der Waals surface area contributed by atoms with E-state index in [0.29, 0.717) is 12.2 Å². The van der Waals surface area contributed by atoms with Crippen molar-refractivity contribution in [1.82, 2.24) is 19.8 Å². The predicted molar refractivity (Wildman–Crippen MR) is 165 cm³/mol. The predicted octanol–water partition coefficient (Wildman–Crippen LogP) is 5.54. The standard InChI is InChI=1S/C30H41N5O2.2ClH/c1-6-9-28-32-29(24(4)35(28)25-12-14-26(37-5)15-13-25)30(36)31-16-8-17-33-18-20-34(21-19-33)27-11-7-10-22(2)23(27)3;;/h7,10-15H,6,8-9,16-21H2,1-5H3,(H,31,36);2*1H. The number of benzene rings is 2. The molecule has 1 fully saturated rings. The number of carbonyl (C=O) groups excluding carboxylic acids is 1. The molecule has 0 saturated carbocycles. The second-order valence-corrected chi connectivity index (χ2v) is 9.90. The number of hydrogen-bond acceptors (Lipinski definition) is 5. The van der Waals surface area contributed by atoms with E-state index in [4.69, 9.17) is 9.72 Å². The number of amides is 1. The molecule has 0 spiro atoms. The van der Waals surface area contributed by atoms with E-state index in [9.17, 15) is 4.79 Å². The normalized spacial score (nSPS) is 13.4. The Kier molecular flexibility index (Phi) is 12.6. The Morgan fingerprint density at radius 1 is 1.00 bits per heavy atom. The number of carbonyl (C=O) groups is 1. The zero-order valence-electron chi connectivity index (χ0n) is 23.8. The Bertz CT molecular complexity index is 1200. The number of aromatic nitrogens is 2. The van der Waals surface area contributed by atoms with Gasteiger partial charge in [0.1, 0.15) is 17.3 Å². The van der Waals surface area contributed by atoms with Gasteiger partial charge in [0.05, 0.1) is 12.8 Å². The summed E-state index contributed by atoms with van der Waals surface area (Å²) < 4.78 is 7.39. The van der Waals surface area contributed by atoms with Crippen LogP contribution in [0.5, 0.6) is 5.75 Å².